The number of carbonyl (C=O) groups is 1. The minimum atomic E-state index is -0.0219. The number of amides is 1. The first-order chi connectivity index (χ1) is 16.9. The molecule has 7 heteroatoms. The third kappa shape index (κ3) is 5.85. The summed E-state index contributed by atoms with van der Waals surface area (Å²) in [5.41, 5.74) is 4.65. The molecular weight excluding hydrogens is 474 g/mol. The zero-order valence-corrected chi connectivity index (χ0v) is 22.3. The number of nitrogens with zero attached hydrogens (tertiary/aromatic N) is 3. The number of benzene rings is 2. The van der Waals surface area contributed by atoms with Crippen molar-refractivity contribution < 1.29 is 9.53 Å². The molecule has 4 rings (SSSR count). The molecule has 0 radical (unpaired) electrons. The van der Waals surface area contributed by atoms with Gasteiger partial charge in [0.2, 0.25) is 0 Å². The molecular formula is C28H31N3O2S2. The molecule has 1 amide bonds. The summed E-state index contributed by atoms with van der Waals surface area (Å²) in [5.74, 6) is 0.840. The highest BCUT2D eigenvalue weighted by Gasteiger charge is 2.32. The standard InChI is InChI=1S/C28H31N3O2S2/c1-5-6-10-15-30-27(32)25(35-28(30)34)17-22-18-31(23-11-8-7-9-12-23)29-26(22)21-13-14-24(20(4)16-21)33-19(2)3/h7-9,11-14,16-19H,5-6,10,15H2,1-4H3. The molecule has 1 aliphatic rings. The molecule has 5 nitrogen and oxygen atoms in total. The van der Waals surface area contributed by atoms with Gasteiger partial charge in [0.25, 0.3) is 5.91 Å². The van der Waals surface area contributed by atoms with Crippen molar-refractivity contribution in [2.45, 2.75) is 53.1 Å². The molecule has 0 saturated carbocycles. The Labute approximate surface area is 217 Å². The predicted octanol–water partition coefficient (Wildman–Crippen LogP) is 7.03. The summed E-state index contributed by atoms with van der Waals surface area (Å²) in [4.78, 5) is 15.5. The number of thioether (sulfide) groups is 1. The quantitative estimate of drug-likeness (QED) is 0.178. The van der Waals surface area contributed by atoms with E-state index in [0.717, 1.165) is 53.1 Å². The van der Waals surface area contributed by atoms with E-state index in [1.807, 2.05) is 80.2 Å². The van der Waals surface area contributed by atoms with Crippen LogP contribution in [0.5, 0.6) is 5.75 Å². The number of aromatic nitrogens is 2. The Kier molecular flexibility index (Phi) is 8.08. The van der Waals surface area contributed by atoms with Crippen LogP contribution in [0.15, 0.2) is 59.6 Å². The van der Waals surface area contributed by atoms with Gasteiger partial charge in [-0.05, 0) is 69.2 Å². The fraction of sp³-hybridized carbons (Fsp3) is 0.321. The summed E-state index contributed by atoms with van der Waals surface area (Å²) in [6.07, 6.45) is 7.15. The summed E-state index contributed by atoms with van der Waals surface area (Å²) in [5, 5.41) is 4.91. The Morgan fingerprint density at radius 3 is 2.60 bits per heavy atom. The highest BCUT2D eigenvalue weighted by Crippen LogP contribution is 2.36. The minimum absolute atomic E-state index is 0.0219. The number of hydrogen-bond acceptors (Lipinski definition) is 5. The number of thiocarbonyl (C=S) groups is 1. The molecule has 35 heavy (non-hydrogen) atoms. The highest BCUT2D eigenvalue weighted by molar-refractivity contribution is 8.26. The van der Waals surface area contributed by atoms with Crippen molar-refractivity contribution in [2.24, 2.45) is 0 Å². The molecule has 1 aliphatic heterocycles. The van der Waals surface area contributed by atoms with Crippen LogP contribution in [-0.2, 0) is 4.79 Å². The van der Waals surface area contributed by atoms with Gasteiger partial charge in [0, 0.05) is 23.9 Å². The molecule has 1 aromatic heterocycles. The van der Waals surface area contributed by atoms with E-state index < -0.39 is 0 Å². The lowest BCUT2D eigenvalue weighted by Crippen LogP contribution is -2.28. The van der Waals surface area contributed by atoms with Crippen molar-refractivity contribution in [3.63, 3.8) is 0 Å². The maximum Gasteiger partial charge on any atom is 0.266 e. The number of hydrogen-bond donors (Lipinski definition) is 0. The summed E-state index contributed by atoms with van der Waals surface area (Å²) in [6, 6.07) is 16.1. The van der Waals surface area contributed by atoms with Crippen molar-refractivity contribution in [2.75, 3.05) is 6.54 Å². The summed E-state index contributed by atoms with van der Waals surface area (Å²) < 4.78 is 8.40. The minimum Gasteiger partial charge on any atom is -0.491 e. The van der Waals surface area contributed by atoms with Gasteiger partial charge in [-0.2, -0.15) is 5.10 Å². The lowest BCUT2D eigenvalue weighted by atomic mass is 10.0. The van der Waals surface area contributed by atoms with Gasteiger partial charge in [0.15, 0.2) is 0 Å². The molecule has 1 fully saturated rings. The number of rotatable bonds is 9. The second kappa shape index (κ2) is 11.2. The first-order valence-corrected chi connectivity index (χ1v) is 13.3. The number of ether oxygens (including phenoxy) is 1. The normalized spacial score (nSPS) is 15.0. The Bertz CT molecular complexity index is 1250. The van der Waals surface area contributed by atoms with E-state index in [9.17, 15) is 4.79 Å². The van der Waals surface area contributed by atoms with Crippen molar-refractivity contribution in [1.82, 2.24) is 14.7 Å². The van der Waals surface area contributed by atoms with E-state index in [1.54, 1.807) is 4.90 Å². The van der Waals surface area contributed by atoms with Gasteiger partial charge in [-0.15, -0.1) is 0 Å². The van der Waals surface area contributed by atoms with Crippen molar-refractivity contribution in [1.29, 1.82) is 0 Å². The van der Waals surface area contributed by atoms with Gasteiger partial charge >= 0.3 is 0 Å². The van der Waals surface area contributed by atoms with Crippen molar-refractivity contribution in [3.8, 4) is 22.7 Å². The van der Waals surface area contributed by atoms with Gasteiger partial charge in [0.05, 0.1) is 16.7 Å². The monoisotopic (exact) mass is 505 g/mol. The van der Waals surface area contributed by atoms with Crippen molar-refractivity contribution >= 4 is 40.3 Å². The van der Waals surface area contributed by atoms with E-state index in [0.29, 0.717) is 15.8 Å². The van der Waals surface area contributed by atoms with Crippen molar-refractivity contribution in [3.05, 3.63) is 70.8 Å². The first-order valence-electron chi connectivity index (χ1n) is 12.1. The third-order valence-corrected chi connectivity index (χ3v) is 7.10. The highest BCUT2D eigenvalue weighted by atomic mass is 32.2. The molecule has 0 aliphatic carbocycles. The summed E-state index contributed by atoms with van der Waals surface area (Å²) in [6.45, 7) is 8.90. The average molecular weight is 506 g/mol. The van der Waals surface area contributed by atoms with E-state index in [-0.39, 0.29) is 12.0 Å². The number of aryl methyl sites for hydroxylation is 1. The summed E-state index contributed by atoms with van der Waals surface area (Å²) in [7, 11) is 0. The van der Waals surface area contributed by atoms with Crippen LogP contribution in [0.4, 0.5) is 0 Å². The van der Waals surface area contributed by atoms with Crippen LogP contribution in [0.3, 0.4) is 0 Å². The lowest BCUT2D eigenvalue weighted by Gasteiger charge is -2.13. The van der Waals surface area contributed by atoms with Gasteiger partial charge < -0.3 is 4.74 Å². The molecule has 0 N–H and O–H groups in total. The maximum absolute atomic E-state index is 13.1. The second-order valence-electron chi connectivity index (χ2n) is 8.90. The van der Waals surface area contributed by atoms with Gasteiger partial charge in [-0.3, -0.25) is 9.69 Å². The molecule has 2 heterocycles. The average Bonchev–Trinajstić information content (AvgIpc) is 3.37. The molecule has 182 valence electrons. The van der Waals surface area contributed by atoms with Gasteiger partial charge in [-0.1, -0.05) is 61.9 Å². The second-order valence-corrected chi connectivity index (χ2v) is 10.6. The van der Waals surface area contributed by atoms with Crippen LogP contribution in [0.2, 0.25) is 0 Å². The van der Waals surface area contributed by atoms with Crippen LogP contribution in [0.1, 0.15) is 51.2 Å². The molecule has 0 atom stereocenters. The lowest BCUT2D eigenvalue weighted by molar-refractivity contribution is -0.122. The molecule has 0 unspecified atom stereocenters. The smallest absolute Gasteiger partial charge is 0.266 e. The molecule has 0 spiro atoms. The summed E-state index contributed by atoms with van der Waals surface area (Å²) >= 11 is 6.89. The van der Waals surface area contributed by atoms with Crippen LogP contribution >= 0.6 is 24.0 Å². The molecule has 3 aromatic rings. The van der Waals surface area contributed by atoms with Crippen LogP contribution < -0.4 is 4.74 Å². The Morgan fingerprint density at radius 2 is 1.91 bits per heavy atom. The molecule has 1 saturated heterocycles. The van der Waals surface area contributed by atoms with Crippen LogP contribution in [-0.4, -0.2) is 37.6 Å². The SMILES string of the molecule is CCCCCN1C(=O)C(=Cc2cn(-c3ccccc3)nc2-c2ccc(OC(C)C)c(C)c2)SC1=S. The zero-order valence-electron chi connectivity index (χ0n) is 20.7. The first kappa shape index (κ1) is 25.2. The fourth-order valence-electron chi connectivity index (χ4n) is 3.97. The number of para-hydroxylation sites is 1. The maximum atomic E-state index is 13.1. The van der Waals surface area contributed by atoms with E-state index in [4.69, 9.17) is 22.1 Å². The topological polar surface area (TPSA) is 47.4 Å². The number of unbranched alkanes of at least 4 members (excludes halogenated alkanes) is 2. The Hall–Kier alpha value is -2.90. The number of carbonyl (C=O) groups excluding carboxylic acids is 1. The largest absolute Gasteiger partial charge is 0.491 e. The van der Waals surface area contributed by atoms with E-state index in [1.165, 1.54) is 11.8 Å². The zero-order chi connectivity index (χ0) is 24.9. The van der Waals surface area contributed by atoms with E-state index >= 15 is 0 Å². The fourth-order valence-corrected chi connectivity index (χ4v) is 5.27. The van der Waals surface area contributed by atoms with E-state index in [2.05, 4.69) is 13.0 Å². The third-order valence-electron chi connectivity index (χ3n) is 5.72. The Balaban J connectivity index is 1.73. The van der Waals surface area contributed by atoms with Gasteiger partial charge in [0.1, 0.15) is 15.8 Å². The molecule has 2 aromatic carbocycles. The van der Waals surface area contributed by atoms with Crippen LogP contribution in [0.25, 0.3) is 23.0 Å². The molecule has 0 bridgehead atoms. The predicted molar refractivity (Wildman–Crippen MR) is 149 cm³/mol. The van der Waals surface area contributed by atoms with Gasteiger partial charge in [-0.25, -0.2) is 4.68 Å². The van der Waals surface area contributed by atoms with Crippen LogP contribution in [0, 0.1) is 6.92 Å². The Morgan fingerprint density at radius 1 is 1.14 bits per heavy atom.